The second-order valence-electron chi connectivity index (χ2n) is 8.38. The van der Waals surface area contributed by atoms with E-state index < -0.39 is 0 Å². The van der Waals surface area contributed by atoms with Gasteiger partial charge >= 0.3 is 0 Å². The molecule has 180 valence electrons. The van der Waals surface area contributed by atoms with Crippen LogP contribution in [0, 0.1) is 5.82 Å². The molecule has 0 bridgehead atoms. The molecule has 3 rings (SSSR count). The number of Topliss-reactive ketones (excluding diaryl/α,β-unsaturated/α-hetero) is 1. The molecule has 0 saturated heterocycles. The molecule has 0 radical (unpaired) electrons. The monoisotopic (exact) mass is 464 g/mol. The lowest BCUT2D eigenvalue weighted by atomic mass is 9.95. The number of carbonyl (C=O) groups excluding carboxylic acids is 1. The lowest BCUT2D eigenvalue weighted by Gasteiger charge is -2.16. The van der Waals surface area contributed by atoms with Gasteiger partial charge in [0, 0.05) is 24.0 Å². The number of hydrogen-bond donors (Lipinski definition) is 0. The van der Waals surface area contributed by atoms with E-state index in [1.807, 2.05) is 56.3 Å². The average molecular weight is 465 g/mol. The highest BCUT2D eigenvalue weighted by molar-refractivity contribution is 5.78. The quantitative estimate of drug-likeness (QED) is 0.281. The SMILES string of the molecule is CCCOc1cc(COc2cccc([C@H](C)CC(=O)CC)c2)ccc1-c1cc(OC)ccc1F. The molecule has 0 unspecified atom stereocenters. The molecule has 34 heavy (non-hydrogen) atoms. The van der Waals surface area contributed by atoms with Crippen LogP contribution in [-0.4, -0.2) is 19.5 Å². The van der Waals surface area contributed by atoms with Crippen LogP contribution >= 0.6 is 0 Å². The van der Waals surface area contributed by atoms with Gasteiger partial charge in [0.2, 0.25) is 0 Å². The van der Waals surface area contributed by atoms with Crippen LogP contribution in [0.25, 0.3) is 11.1 Å². The van der Waals surface area contributed by atoms with E-state index in [9.17, 15) is 9.18 Å². The van der Waals surface area contributed by atoms with Crippen LogP contribution in [0.5, 0.6) is 17.2 Å². The Balaban J connectivity index is 1.80. The number of halogens is 1. The molecule has 0 aliphatic carbocycles. The maximum atomic E-state index is 14.6. The van der Waals surface area contributed by atoms with Crippen LogP contribution in [0.4, 0.5) is 4.39 Å². The van der Waals surface area contributed by atoms with Gasteiger partial charge < -0.3 is 14.2 Å². The minimum absolute atomic E-state index is 0.141. The van der Waals surface area contributed by atoms with Crippen molar-refractivity contribution in [3.8, 4) is 28.4 Å². The normalized spacial score (nSPS) is 11.7. The standard InChI is InChI=1S/C29H33FO4/c1-5-14-33-29-16-21(10-12-26(29)27-18-24(32-4)11-13-28(27)30)19-34-25-9-7-8-22(17-25)20(3)15-23(31)6-2/h7-13,16-18,20H,5-6,14-15,19H2,1-4H3/t20-/m1/s1. The van der Waals surface area contributed by atoms with Crippen molar-refractivity contribution in [2.75, 3.05) is 13.7 Å². The van der Waals surface area contributed by atoms with E-state index >= 15 is 0 Å². The Morgan fingerprint density at radius 2 is 1.76 bits per heavy atom. The first-order valence-electron chi connectivity index (χ1n) is 11.8. The number of carbonyl (C=O) groups is 1. The lowest BCUT2D eigenvalue weighted by Crippen LogP contribution is -2.04. The maximum Gasteiger partial charge on any atom is 0.133 e. The number of ketones is 1. The summed E-state index contributed by atoms with van der Waals surface area (Å²) in [6.45, 7) is 6.84. The molecule has 0 fully saturated rings. The van der Waals surface area contributed by atoms with Gasteiger partial charge in [-0.05, 0) is 59.9 Å². The molecule has 0 saturated carbocycles. The Kier molecular flexibility index (Phi) is 9.08. The van der Waals surface area contributed by atoms with E-state index in [4.69, 9.17) is 14.2 Å². The Labute approximate surface area is 201 Å². The van der Waals surface area contributed by atoms with Crippen molar-refractivity contribution in [3.05, 3.63) is 77.6 Å². The van der Waals surface area contributed by atoms with Crippen LogP contribution in [0.1, 0.15) is 57.1 Å². The molecule has 0 heterocycles. The number of ether oxygens (including phenoxy) is 3. The minimum atomic E-state index is -0.335. The zero-order chi connectivity index (χ0) is 24.5. The summed E-state index contributed by atoms with van der Waals surface area (Å²) < 4.78 is 31.9. The van der Waals surface area contributed by atoms with Gasteiger partial charge in [0.25, 0.3) is 0 Å². The van der Waals surface area contributed by atoms with E-state index in [1.54, 1.807) is 19.2 Å². The molecule has 5 heteroatoms. The molecule has 0 N–H and O–H groups in total. The summed E-state index contributed by atoms with van der Waals surface area (Å²) in [5.41, 5.74) is 3.10. The molecular formula is C29H33FO4. The van der Waals surface area contributed by atoms with Crippen molar-refractivity contribution in [1.82, 2.24) is 0 Å². The third-order valence-corrected chi connectivity index (χ3v) is 5.73. The predicted octanol–water partition coefficient (Wildman–Crippen LogP) is 7.34. The molecular weight excluding hydrogens is 431 g/mol. The molecule has 1 atom stereocenters. The van der Waals surface area contributed by atoms with Crippen LogP contribution in [0.3, 0.4) is 0 Å². The highest BCUT2D eigenvalue weighted by atomic mass is 19.1. The number of hydrogen-bond acceptors (Lipinski definition) is 4. The number of benzene rings is 3. The second-order valence-corrected chi connectivity index (χ2v) is 8.38. The van der Waals surface area contributed by atoms with Crippen molar-refractivity contribution in [2.24, 2.45) is 0 Å². The topological polar surface area (TPSA) is 44.8 Å². The fourth-order valence-electron chi connectivity index (χ4n) is 3.73. The fourth-order valence-corrected chi connectivity index (χ4v) is 3.73. The van der Waals surface area contributed by atoms with Crippen molar-refractivity contribution < 1.29 is 23.4 Å². The molecule has 0 aromatic heterocycles. The van der Waals surface area contributed by atoms with Gasteiger partial charge in [-0.25, -0.2) is 4.39 Å². The lowest BCUT2D eigenvalue weighted by molar-refractivity contribution is -0.119. The number of rotatable bonds is 12. The van der Waals surface area contributed by atoms with E-state index in [0.717, 1.165) is 23.3 Å². The predicted molar refractivity (Wildman–Crippen MR) is 133 cm³/mol. The summed E-state index contributed by atoms with van der Waals surface area (Å²) in [7, 11) is 1.56. The van der Waals surface area contributed by atoms with Gasteiger partial charge in [-0.3, -0.25) is 4.79 Å². The van der Waals surface area contributed by atoms with Crippen LogP contribution in [-0.2, 0) is 11.4 Å². The van der Waals surface area contributed by atoms with Gasteiger partial charge in [0.05, 0.1) is 13.7 Å². The van der Waals surface area contributed by atoms with Crippen molar-refractivity contribution in [3.63, 3.8) is 0 Å². The molecule has 4 nitrogen and oxygen atoms in total. The number of methoxy groups -OCH3 is 1. The highest BCUT2D eigenvalue weighted by Gasteiger charge is 2.14. The van der Waals surface area contributed by atoms with Crippen LogP contribution < -0.4 is 14.2 Å². The summed E-state index contributed by atoms with van der Waals surface area (Å²) >= 11 is 0. The summed E-state index contributed by atoms with van der Waals surface area (Å²) in [5, 5.41) is 0. The fraction of sp³-hybridized carbons (Fsp3) is 0.345. The van der Waals surface area contributed by atoms with Gasteiger partial charge in [-0.2, -0.15) is 0 Å². The molecule has 3 aromatic carbocycles. The van der Waals surface area contributed by atoms with Crippen LogP contribution in [0.2, 0.25) is 0 Å². The smallest absolute Gasteiger partial charge is 0.133 e. The Morgan fingerprint density at radius 3 is 2.50 bits per heavy atom. The maximum absolute atomic E-state index is 14.6. The van der Waals surface area contributed by atoms with Crippen molar-refractivity contribution >= 4 is 5.78 Å². The summed E-state index contributed by atoms with van der Waals surface area (Å²) in [6, 6.07) is 18.2. The van der Waals surface area contributed by atoms with E-state index in [2.05, 4.69) is 6.92 Å². The van der Waals surface area contributed by atoms with E-state index in [0.29, 0.717) is 48.7 Å². The van der Waals surface area contributed by atoms with Crippen LogP contribution in [0.15, 0.2) is 60.7 Å². The molecule has 0 amide bonds. The third kappa shape index (κ3) is 6.60. The first-order chi connectivity index (χ1) is 16.4. The molecule has 0 spiro atoms. The molecule has 3 aromatic rings. The highest BCUT2D eigenvalue weighted by Crippen LogP contribution is 2.35. The zero-order valence-electron chi connectivity index (χ0n) is 20.4. The Bertz CT molecular complexity index is 1110. The largest absolute Gasteiger partial charge is 0.497 e. The first-order valence-corrected chi connectivity index (χ1v) is 11.8. The summed E-state index contributed by atoms with van der Waals surface area (Å²) in [4.78, 5) is 11.8. The summed E-state index contributed by atoms with van der Waals surface area (Å²) in [6.07, 6.45) is 1.92. The van der Waals surface area contributed by atoms with Gasteiger partial charge in [-0.15, -0.1) is 0 Å². The minimum Gasteiger partial charge on any atom is -0.497 e. The van der Waals surface area contributed by atoms with E-state index in [-0.39, 0.29) is 17.5 Å². The second kappa shape index (κ2) is 12.2. The first kappa shape index (κ1) is 25.3. The Hall–Kier alpha value is -3.34. The van der Waals surface area contributed by atoms with Crippen molar-refractivity contribution in [1.29, 1.82) is 0 Å². The molecule has 0 aliphatic heterocycles. The molecule has 0 aliphatic rings. The third-order valence-electron chi connectivity index (χ3n) is 5.73. The van der Waals surface area contributed by atoms with Gasteiger partial charge in [0.1, 0.15) is 35.5 Å². The van der Waals surface area contributed by atoms with Crippen molar-refractivity contribution in [2.45, 2.75) is 52.6 Å². The Morgan fingerprint density at radius 1 is 0.941 bits per heavy atom. The van der Waals surface area contributed by atoms with E-state index in [1.165, 1.54) is 6.07 Å². The van der Waals surface area contributed by atoms with Gasteiger partial charge in [-0.1, -0.05) is 45.0 Å². The average Bonchev–Trinajstić information content (AvgIpc) is 2.86. The van der Waals surface area contributed by atoms with Gasteiger partial charge in [0.15, 0.2) is 0 Å². The zero-order valence-corrected chi connectivity index (χ0v) is 20.4. The summed E-state index contributed by atoms with van der Waals surface area (Å²) in [5.74, 6) is 1.99.